The van der Waals surface area contributed by atoms with Crippen LogP contribution in [-0.2, 0) is 0 Å². The highest BCUT2D eigenvalue weighted by atomic mass is 79.9. The molecule has 17 heavy (non-hydrogen) atoms. The zero-order valence-corrected chi connectivity index (χ0v) is 11.8. The highest BCUT2D eigenvalue weighted by molar-refractivity contribution is 9.09. The molecule has 1 aromatic carbocycles. The molecule has 0 amide bonds. The third-order valence-electron chi connectivity index (χ3n) is 3.19. The zero-order chi connectivity index (χ0) is 12.1. The van der Waals surface area contributed by atoms with Gasteiger partial charge in [-0.2, -0.15) is 0 Å². The minimum absolute atomic E-state index is 0.936. The van der Waals surface area contributed by atoms with Gasteiger partial charge in [0.25, 0.3) is 0 Å². The van der Waals surface area contributed by atoms with Crippen LogP contribution >= 0.6 is 15.9 Å². The Kier molecular flexibility index (Phi) is 4.68. The van der Waals surface area contributed by atoms with Gasteiger partial charge in [-0.05, 0) is 12.1 Å². The summed E-state index contributed by atoms with van der Waals surface area (Å²) >= 11 is 3.49. The largest absolute Gasteiger partial charge is 0.497 e. The fraction of sp³-hybridized carbons (Fsp3) is 0.538. The molecule has 0 bridgehead atoms. The molecule has 0 radical (unpaired) electrons. The third-order valence-corrected chi connectivity index (χ3v) is 3.55. The Balaban J connectivity index is 1.95. The van der Waals surface area contributed by atoms with Crippen molar-refractivity contribution in [3.8, 4) is 5.75 Å². The molecule has 0 saturated carbocycles. The van der Waals surface area contributed by atoms with E-state index in [1.165, 1.54) is 5.69 Å². The second-order valence-electron chi connectivity index (χ2n) is 4.22. The smallest absolute Gasteiger partial charge is 0.120 e. The van der Waals surface area contributed by atoms with Crippen LogP contribution in [0.2, 0.25) is 0 Å². The summed E-state index contributed by atoms with van der Waals surface area (Å²) in [5.74, 6) is 0.936. The molecule has 0 unspecified atom stereocenters. The molecule has 1 aliphatic rings. The molecule has 1 heterocycles. The zero-order valence-electron chi connectivity index (χ0n) is 10.2. The fourth-order valence-electron chi connectivity index (χ4n) is 2.16. The van der Waals surface area contributed by atoms with Crippen molar-refractivity contribution in [2.75, 3.05) is 50.1 Å². The number of ether oxygens (including phenoxy) is 1. The lowest BCUT2D eigenvalue weighted by molar-refractivity contribution is 0.274. The van der Waals surface area contributed by atoms with E-state index in [0.717, 1.165) is 43.8 Å². The van der Waals surface area contributed by atoms with Gasteiger partial charge in [0, 0.05) is 49.8 Å². The molecule has 0 N–H and O–H groups in total. The second kappa shape index (κ2) is 6.26. The lowest BCUT2D eigenvalue weighted by Crippen LogP contribution is -2.46. The predicted octanol–water partition coefficient (Wildman–Crippen LogP) is 2.21. The molecular formula is C13H19BrN2O. The van der Waals surface area contributed by atoms with Gasteiger partial charge in [0.2, 0.25) is 0 Å². The molecule has 2 rings (SSSR count). The van der Waals surface area contributed by atoms with E-state index in [1.54, 1.807) is 7.11 Å². The van der Waals surface area contributed by atoms with Crippen molar-refractivity contribution in [3.63, 3.8) is 0 Å². The summed E-state index contributed by atoms with van der Waals surface area (Å²) < 4.78 is 5.26. The van der Waals surface area contributed by atoms with E-state index < -0.39 is 0 Å². The Morgan fingerprint density at radius 3 is 2.65 bits per heavy atom. The second-order valence-corrected chi connectivity index (χ2v) is 5.01. The normalized spacial score (nSPS) is 17.2. The first-order valence-corrected chi connectivity index (χ1v) is 7.13. The van der Waals surface area contributed by atoms with Crippen LogP contribution in [0.4, 0.5) is 5.69 Å². The number of alkyl halides is 1. The highest BCUT2D eigenvalue weighted by Gasteiger charge is 2.16. The van der Waals surface area contributed by atoms with Gasteiger partial charge in [0.1, 0.15) is 5.75 Å². The summed E-state index contributed by atoms with van der Waals surface area (Å²) in [5.41, 5.74) is 1.27. The minimum Gasteiger partial charge on any atom is -0.497 e. The van der Waals surface area contributed by atoms with Gasteiger partial charge in [-0.3, -0.25) is 4.90 Å². The first-order valence-electron chi connectivity index (χ1n) is 6.01. The number of nitrogens with zero attached hydrogens (tertiary/aromatic N) is 2. The standard InChI is InChI=1S/C13H19BrN2O/c1-17-13-4-2-3-12(11-13)16-9-7-15(6-5-14)8-10-16/h2-4,11H,5-10H2,1H3. The van der Waals surface area contributed by atoms with E-state index in [1.807, 2.05) is 6.07 Å². The SMILES string of the molecule is COc1cccc(N2CCN(CCBr)CC2)c1. The van der Waals surface area contributed by atoms with Crippen LogP contribution in [0.15, 0.2) is 24.3 Å². The van der Waals surface area contributed by atoms with Gasteiger partial charge >= 0.3 is 0 Å². The topological polar surface area (TPSA) is 15.7 Å². The maximum atomic E-state index is 5.26. The van der Waals surface area contributed by atoms with Crippen molar-refractivity contribution in [2.24, 2.45) is 0 Å². The maximum absolute atomic E-state index is 5.26. The van der Waals surface area contributed by atoms with Gasteiger partial charge in [-0.25, -0.2) is 0 Å². The Labute approximate surface area is 111 Å². The molecule has 0 spiro atoms. The Morgan fingerprint density at radius 1 is 1.24 bits per heavy atom. The molecule has 1 fully saturated rings. The van der Waals surface area contributed by atoms with Crippen molar-refractivity contribution < 1.29 is 4.74 Å². The number of benzene rings is 1. The Morgan fingerprint density at radius 2 is 2.00 bits per heavy atom. The van der Waals surface area contributed by atoms with E-state index in [2.05, 4.69) is 43.9 Å². The van der Waals surface area contributed by atoms with Gasteiger partial charge in [0.15, 0.2) is 0 Å². The van der Waals surface area contributed by atoms with Gasteiger partial charge < -0.3 is 9.64 Å². The van der Waals surface area contributed by atoms with Gasteiger partial charge in [0.05, 0.1) is 7.11 Å². The number of rotatable bonds is 4. The summed E-state index contributed by atoms with van der Waals surface area (Å²) in [6, 6.07) is 8.31. The summed E-state index contributed by atoms with van der Waals surface area (Å²) in [4.78, 5) is 4.92. The van der Waals surface area contributed by atoms with E-state index in [-0.39, 0.29) is 0 Å². The van der Waals surface area contributed by atoms with Crippen LogP contribution in [0.1, 0.15) is 0 Å². The lowest BCUT2D eigenvalue weighted by atomic mass is 10.2. The average Bonchev–Trinajstić information content (AvgIpc) is 2.40. The molecular weight excluding hydrogens is 280 g/mol. The van der Waals surface area contributed by atoms with Crippen LogP contribution in [0.25, 0.3) is 0 Å². The number of methoxy groups -OCH3 is 1. The summed E-state index contributed by atoms with van der Waals surface area (Å²) in [7, 11) is 1.72. The predicted molar refractivity (Wildman–Crippen MR) is 75.4 cm³/mol. The van der Waals surface area contributed by atoms with Crippen LogP contribution in [0.5, 0.6) is 5.75 Å². The van der Waals surface area contributed by atoms with Gasteiger partial charge in [-0.1, -0.05) is 22.0 Å². The molecule has 1 aromatic rings. The molecule has 0 aliphatic carbocycles. The number of halogens is 1. The van der Waals surface area contributed by atoms with Crippen molar-refractivity contribution in [1.29, 1.82) is 0 Å². The van der Waals surface area contributed by atoms with E-state index in [0.29, 0.717) is 0 Å². The molecule has 0 atom stereocenters. The first-order chi connectivity index (χ1) is 8.33. The van der Waals surface area contributed by atoms with Crippen LogP contribution < -0.4 is 9.64 Å². The molecule has 1 saturated heterocycles. The van der Waals surface area contributed by atoms with E-state index >= 15 is 0 Å². The third kappa shape index (κ3) is 3.36. The summed E-state index contributed by atoms with van der Waals surface area (Å²) in [5, 5.41) is 1.06. The first kappa shape index (κ1) is 12.7. The number of anilines is 1. The Hall–Kier alpha value is -0.740. The monoisotopic (exact) mass is 298 g/mol. The molecule has 3 nitrogen and oxygen atoms in total. The molecule has 1 aliphatic heterocycles. The van der Waals surface area contributed by atoms with Crippen molar-refractivity contribution >= 4 is 21.6 Å². The average molecular weight is 299 g/mol. The van der Waals surface area contributed by atoms with Crippen LogP contribution in [-0.4, -0.2) is 50.1 Å². The van der Waals surface area contributed by atoms with E-state index in [4.69, 9.17) is 4.74 Å². The number of hydrogen-bond donors (Lipinski definition) is 0. The molecule has 4 heteroatoms. The highest BCUT2D eigenvalue weighted by Crippen LogP contribution is 2.21. The number of piperazine rings is 1. The van der Waals surface area contributed by atoms with Crippen molar-refractivity contribution in [3.05, 3.63) is 24.3 Å². The van der Waals surface area contributed by atoms with Crippen LogP contribution in [0, 0.1) is 0 Å². The molecule has 0 aromatic heterocycles. The van der Waals surface area contributed by atoms with Crippen molar-refractivity contribution in [1.82, 2.24) is 4.90 Å². The molecule has 94 valence electrons. The fourth-order valence-corrected chi connectivity index (χ4v) is 2.66. The lowest BCUT2D eigenvalue weighted by Gasteiger charge is -2.35. The van der Waals surface area contributed by atoms with Crippen molar-refractivity contribution in [2.45, 2.75) is 0 Å². The maximum Gasteiger partial charge on any atom is 0.120 e. The summed E-state index contributed by atoms with van der Waals surface area (Å²) in [6.07, 6.45) is 0. The van der Waals surface area contributed by atoms with Gasteiger partial charge in [-0.15, -0.1) is 0 Å². The quantitative estimate of drug-likeness (QED) is 0.793. The van der Waals surface area contributed by atoms with E-state index in [9.17, 15) is 0 Å². The van der Waals surface area contributed by atoms with Crippen LogP contribution in [0.3, 0.4) is 0 Å². The Bertz CT molecular complexity index is 351. The number of hydrogen-bond acceptors (Lipinski definition) is 3. The summed E-state index contributed by atoms with van der Waals surface area (Å²) in [6.45, 7) is 5.62. The minimum atomic E-state index is 0.936.